The molecule has 1 aliphatic rings. The van der Waals surface area contributed by atoms with Crippen molar-refractivity contribution in [3.8, 4) is 17.2 Å². The number of amides is 1. The highest BCUT2D eigenvalue weighted by atomic mass is 16.5. The highest BCUT2D eigenvalue weighted by molar-refractivity contribution is 5.82. The average molecular weight is 383 g/mol. The number of rotatable bonds is 7. The lowest BCUT2D eigenvalue weighted by molar-refractivity contribution is -0.132. The van der Waals surface area contributed by atoms with E-state index in [2.05, 4.69) is 0 Å². The van der Waals surface area contributed by atoms with Gasteiger partial charge < -0.3 is 19.1 Å². The van der Waals surface area contributed by atoms with Crippen molar-refractivity contribution in [1.82, 2.24) is 4.90 Å². The van der Waals surface area contributed by atoms with Crippen LogP contribution in [0.5, 0.6) is 17.2 Å². The van der Waals surface area contributed by atoms with E-state index in [1.165, 1.54) is 0 Å². The number of hydrogen-bond donors (Lipinski definition) is 0. The number of methoxy groups -OCH3 is 2. The van der Waals surface area contributed by atoms with Crippen LogP contribution in [0.1, 0.15) is 44.4 Å². The number of carbonyl (C=O) groups is 1. The first kappa shape index (κ1) is 20.1. The van der Waals surface area contributed by atoms with Crippen LogP contribution >= 0.6 is 0 Å². The number of hydrogen-bond acceptors (Lipinski definition) is 4. The molecule has 0 radical (unpaired) electrons. The molecule has 2 aromatic rings. The van der Waals surface area contributed by atoms with E-state index in [9.17, 15) is 4.79 Å². The molecule has 150 valence electrons. The lowest BCUT2D eigenvalue weighted by atomic mass is 9.98. The van der Waals surface area contributed by atoms with Gasteiger partial charge in [-0.15, -0.1) is 0 Å². The minimum atomic E-state index is -0.0832. The summed E-state index contributed by atoms with van der Waals surface area (Å²) in [6.07, 6.45) is 0.874. The Kier molecular flexibility index (Phi) is 6.12. The van der Waals surface area contributed by atoms with Crippen molar-refractivity contribution in [2.45, 2.75) is 45.9 Å². The maximum atomic E-state index is 12.9. The summed E-state index contributed by atoms with van der Waals surface area (Å²) in [7, 11) is 3.30. The Morgan fingerprint density at radius 1 is 1.04 bits per heavy atom. The van der Waals surface area contributed by atoms with E-state index in [0.717, 1.165) is 34.8 Å². The van der Waals surface area contributed by atoms with Gasteiger partial charge in [-0.2, -0.15) is 0 Å². The van der Waals surface area contributed by atoms with E-state index in [-0.39, 0.29) is 24.0 Å². The molecule has 1 amide bonds. The summed E-state index contributed by atoms with van der Waals surface area (Å²) in [5.41, 5.74) is 2.00. The molecule has 2 atom stereocenters. The van der Waals surface area contributed by atoms with Crippen LogP contribution in [0.3, 0.4) is 0 Å². The zero-order chi connectivity index (χ0) is 20.3. The highest BCUT2D eigenvalue weighted by Gasteiger charge is 2.40. The predicted molar refractivity (Wildman–Crippen MR) is 109 cm³/mol. The van der Waals surface area contributed by atoms with Gasteiger partial charge in [0.15, 0.2) is 0 Å². The number of benzene rings is 2. The molecule has 2 aromatic carbocycles. The van der Waals surface area contributed by atoms with E-state index in [1.807, 2.05) is 68.1 Å². The predicted octanol–water partition coefficient (Wildman–Crippen LogP) is 4.60. The number of likely N-dealkylation sites (tertiary alicyclic amines) is 1. The third-order valence-electron chi connectivity index (χ3n) is 5.10. The van der Waals surface area contributed by atoms with Gasteiger partial charge in [0.1, 0.15) is 17.2 Å². The van der Waals surface area contributed by atoms with Crippen LogP contribution in [0.15, 0.2) is 42.5 Å². The van der Waals surface area contributed by atoms with Crippen molar-refractivity contribution in [2.75, 3.05) is 14.2 Å². The summed E-state index contributed by atoms with van der Waals surface area (Å²) < 4.78 is 16.9. The number of ether oxygens (including phenoxy) is 3. The van der Waals surface area contributed by atoms with Gasteiger partial charge in [-0.3, -0.25) is 4.79 Å². The van der Waals surface area contributed by atoms with Crippen molar-refractivity contribution in [1.29, 1.82) is 0 Å². The SMILES string of the molecule is COc1cccc(OC)c1C1CC(C)C(=O)N1Cc1ccc(OC(C)C)cc1. The van der Waals surface area contributed by atoms with Crippen LogP contribution in [0.25, 0.3) is 0 Å². The average Bonchev–Trinajstić information content (AvgIpc) is 2.96. The fraction of sp³-hybridized carbons (Fsp3) is 0.435. The lowest BCUT2D eigenvalue weighted by Crippen LogP contribution is -2.29. The summed E-state index contributed by atoms with van der Waals surface area (Å²) in [6, 6.07) is 13.6. The Morgan fingerprint density at radius 3 is 2.18 bits per heavy atom. The molecule has 2 unspecified atom stereocenters. The smallest absolute Gasteiger partial charge is 0.226 e. The summed E-state index contributed by atoms with van der Waals surface area (Å²) in [5.74, 6) is 2.44. The Balaban J connectivity index is 1.90. The van der Waals surface area contributed by atoms with E-state index >= 15 is 0 Å². The molecule has 1 fully saturated rings. The van der Waals surface area contributed by atoms with Gasteiger partial charge in [0.25, 0.3) is 0 Å². The fourth-order valence-electron chi connectivity index (χ4n) is 3.81. The van der Waals surface area contributed by atoms with Crippen molar-refractivity contribution in [2.24, 2.45) is 5.92 Å². The molecule has 28 heavy (non-hydrogen) atoms. The van der Waals surface area contributed by atoms with Crippen LogP contribution in [-0.4, -0.2) is 31.1 Å². The molecular weight excluding hydrogens is 354 g/mol. The highest BCUT2D eigenvalue weighted by Crippen LogP contribution is 2.45. The lowest BCUT2D eigenvalue weighted by Gasteiger charge is -2.28. The van der Waals surface area contributed by atoms with E-state index in [0.29, 0.717) is 6.54 Å². The molecule has 0 spiro atoms. The zero-order valence-electron chi connectivity index (χ0n) is 17.3. The number of nitrogens with zero attached hydrogens (tertiary/aromatic N) is 1. The van der Waals surface area contributed by atoms with Gasteiger partial charge in [0.05, 0.1) is 31.9 Å². The first-order valence-electron chi connectivity index (χ1n) is 9.71. The summed E-state index contributed by atoms with van der Waals surface area (Å²) in [6.45, 7) is 6.53. The van der Waals surface area contributed by atoms with Gasteiger partial charge in [0.2, 0.25) is 5.91 Å². The molecular formula is C23H29NO4. The van der Waals surface area contributed by atoms with Gasteiger partial charge in [-0.25, -0.2) is 0 Å². The molecule has 1 heterocycles. The van der Waals surface area contributed by atoms with Crippen LogP contribution in [0.2, 0.25) is 0 Å². The van der Waals surface area contributed by atoms with Crippen LogP contribution < -0.4 is 14.2 Å². The Bertz CT molecular complexity index is 794. The maximum absolute atomic E-state index is 12.9. The second-order valence-corrected chi connectivity index (χ2v) is 7.51. The standard InChI is InChI=1S/C23H29NO4/c1-15(2)28-18-11-9-17(10-12-18)14-24-19(13-16(3)23(24)25)22-20(26-4)7-6-8-21(22)27-5/h6-12,15-16,19H,13-14H2,1-5H3. The van der Waals surface area contributed by atoms with Crippen LogP contribution in [0.4, 0.5) is 0 Å². The van der Waals surface area contributed by atoms with Crippen molar-refractivity contribution in [3.63, 3.8) is 0 Å². The van der Waals surface area contributed by atoms with Gasteiger partial charge in [0, 0.05) is 12.5 Å². The van der Waals surface area contributed by atoms with Crippen molar-refractivity contribution < 1.29 is 19.0 Å². The molecule has 0 saturated carbocycles. The van der Waals surface area contributed by atoms with E-state index in [4.69, 9.17) is 14.2 Å². The van der Waals surface area contributed by atoms with Crippen molar-refractivity contribution >= 4 is 5.91 Å². The molecule has 0 bridgehead atoms. The Morgan fingerprint density at radius 2 is 1.64 bits per heavy atom. The molecule has 0 N–H and O–H groups in total. The fourth-order valence-corrected chi connectivity index (χ4v) is 3.81. The first-order valence-corrected chi connectivity index (χ1v) is 9.71. The molecule has 1 aliphatic heterocycles. The molecule has 5 nitrogen and oxygen atoms in total. The van der Waals surface area contributed by atoms with Gasteiger partial charge in [-0.1, -0.05) is 25.1 Å². The quantitative estimate of drug-likeness (QED) is 0.701. The summed E-state index contributed by atoms with van der Waals surface area (Å²) in [5, 5.41) is 0. The monoisotopic (exact) mass is 383 g/mol. The van der Waals surface area contributed by atoms with Gasteiger partial charge in [-0.05, 0) is 50.1 Å². The maximum Gasteiger partial charge on any atom is 0.226 e. The Labute approximate surface area is 167 Å². The van der Waals surface area contributed by atoms with Gasteiger partial charge >= 0.3 is 0 Å². The normalized spacial score (nSPS) is 19.2. The molecule has 1 saturated heterocycles. The van der Waals surface area contributed by atoms with E-state index < -0.39 is 0 Å². The third-order valence-corrected chi connectivity index (χ3v) is 5.10. The first-order chi connectivity index (χ1) is 13.4. The third kappa shape index (κ3) is 4.08. The van der Waals surface area contributed by atoms with Crippen LogP contribution in [-0.2, 0) is 11.3 Å². The largest absolute Gasteiger partial charge is 0.496 e. The molecule has 0 aromatic heterocycles. The molecule has 0 aliphatic carbocycles. The zero-order valence-corrected chi connectivity index (χ0v) is 17.3. The second kappa shape index (κ2) is 8.55. The minimum absolute atomic E-state index is 0.0387. The van der Waals surface area contributed by atoms with E-state index in [1.54, 1.807) is 14.2 Å². The topological polar surface area (TPSA) is 48.0 Å². The van der Waals surface area contributed by atoms with Crippen molar-refractivity contribution in [3.05, 3.63) is 53.6 Å². The Hall–Kier alpha value is -2.69. The molecule has 3 rings (SSSR count). The van der Waals surface area contributed by atoms with Crippen LogP contribution in [0, 0.1) is 5.92 Å². The second-order valence-electron chi connectivity index (χ2n) is 7.51. The molecule has 5 heteroatoms. The number of carbonyl (C=O) groups excluding carboxylic acids is 1. The minimum Gasteiger partial charge on any atom is -0.496 e. The summed E-state index contributed by atoms with van der Waals surface area (Å²) in [4.78, 5) is 14.9. The summed E-state index contributed by atoms with van der Waals surface area (Å²) >= 11 is 0.